The maximum Gasteiger partial charge on any atom is 0.348 e. The second-order valence-electron chi connectivity index (χ2n) is 5.83. The lowest BCUT2D eigenvalue weighted by atomic mass is 9.82. The molecule has 1 heterocycles. The Morgan fingerprint density at radius 2 is 1.88 bits per heavy atom. The van der Waals surface area contributed by atoms with Gasteiger partial charge in [-0.2, -0.15) is 0 Å². The minimum Gasteiger partial charge on any atom is -0.481 e. The first-order valence-corrected chi connectivity index (χ1v) is 8.88. The number of carboxylic acids is 1. The summed E-state index contributed by atoms with van der Waals surface area (Å²) in [6.07, 6.45) is 4.02. The van der Waals surface area contributed by atoms with Gasteiger partial charge in [0.15, 0.2) is 0 Å². The van der Waals surface area contributed by atoms with Crippen LogP contribution in [0, 0.1) is 18.8 Å². The average molecular weight is 380 g/mol. The number of ether oxygens (including phenoxy) is 1. The largest absolute Gasteiger partial charge is 0.481 e. The molecule has 4 N–H and O–H groups in total. The van der Waals surface area contributed by atoms with Crippen molar-refractivity contribution in [3.05, 3.63) is 28.2 Å². The van der Waals surface area contributed by atoms with Crippen molar-refractivity contribution in [2.75, 3.05) is 11.9 Å². The standard InChI is InChI=1S/C17H20N2O6S/c1-3-25-17(24)12-8(2)11(13(18)20)15(26-12)19-14(21)9-6-4-5-7-10(9)16(22)23/h4-5,9-10H,3,6-7H2,1-2H3,(H2,18,20)(H,19,21)(H,22,23)/t9-,10+/m0/s1. The van der Waals surface area contributed by atoms with E-state index >= 15 is 0 Å². The summed E-state index contributed by atoms with van der Waals surface area (Å²) in [6, 6.07) is 0. The summed E-state index contributed by atoms with van der Waals surface area (Å²) < 4.78 is 4.95. The summed E-state index contributed by atoms with van der Waals surface area (Å²) in [4.78, 5) is 48.0. The van der Waals surface area contributed by atoms with Gasteiger partial charge in [-0.25, -0.2) is 4.79 Å². The highest BCUT2D eigenvalue weighted by Gasteiger charge is 2.35. The first kappa shape index (κ1) is 19.6. The van der Waals surface area contributed by atoms with Gasteiger partial charge in [-0.05, 0) is 32.3 Å². The normalized spacial score (nSPS) is 19.0. The van der Waals surface area contributed by atoms with Crippen molar-refractivity contribution in [2.24, 2.45) is 17.6 Å². The van der Waals surface area contributed by atoms with Gasteiger partial charge in [0.1, 0.15) is 9.88 Å². The Balaban J connectivity index is 2.33. The van der Waals surface area contributed by atoms with E-state index in [1.165, 1.54) is 0 Å². The Hall–Kier alpha value is -2.68. The van der Waals surface area contributed by atoms with Gasteiger partial charge >= 0.3 is 11.9 Å². The van der Waals surface area contributed by atoms with E-state index in [1.54, 1.807) is 26.0 Å². The van der Waals surface area contributed by atoms with Crippen LogP contribution >= 0.6 is 11.3 Å². The number of carboxylic acid groups (broad SMARTS) is 1. The molecule has 0 unspecified atom stereocenters. The third-order valence-electron chi connectivity index (χ3n) is 4.18. The summed E-state index contributed by atoms with van der Waals surface area (Å²) in [7, 11) is 0. The predicted octanol–water partition coefficient (Wildman–Crippen LogP) is 1.94. The number of carbonyl (C=O) groups is 4. The molecule has 1 aliphatic rings. The van der Waals surface area contributed by atoms with E-state index in [0.29, 0.717) is 5.56 Å². The number of rotatable bonds is 6. The van der Waals surface area contributed by atoms with Gasteiger partial charge in [-0.1, -0.05) is 12.2 Å². The van der Waals surface area contributed by atoms with E-state index in [0.717, 1.165) is 11.3 Å². The van der Waals surface area contributed by atoms with Crippen LogP contribution in [0.3, 0.4) is 0 Å². The fourth-order valence-electron chi connectivity index (χ4n) is 2.87. The molecule has 0 aromatic carbocycles. The van der Waals surface area contributed by atoms with Crippen LogP contribution < -0.4 is 11.1 Å². The van der Waals surface area contributed by atoms with E-state index in [2.05, 4.69) is 5.32 Å². The van der Waals surface area contributed by atoms with Crippen molar-refractivity contribution in [3.63, 3.8) is 0 Å². The molecule has 2 amide bonds. The number of thiophene rings is 1. The van der Waals surface area contributed by atoms with Gasteiger partial charge < -0.3 is 20.9 Å². The Morgan fingerprint density at radius 3 is 2.42 bits per heavy atom. The lowest BCUT2D eigenvalue weighted by Gasteiger charge is -2.24. The third-order valence-corrected chi connectivity index (χ3v) is 5.36. The van der Waals surface area contributed by atoms with E-state index in [9.17, 15) is 24.3 Å². The molecule has 1 aliphatic carbocycles. The molecule has 8 nitrogen and oxygen atoms in total. The molecule has 9 heteroatoms. The van der Waals surface area contributed by atoms with Crippen LogP contribution in [-0.2, 0) is 14.3 Å². The zero-order valence-electron chi connectivity index (χ0n) is 14.4. The second-order valence-corrected chi connectivity index (χ2v) is 6.85. The summed E-state index contributed by atoms with van der Waals surface area (Å²) in [6.45, 7) is 3.36. The lowest BCUT2D eigenvalue weighted by Crippen LogP contribution is -2.35. The molecular weight excluding hydrogens is 360 g/mol. The minimum absolute atomic E-state index is 0.0321. The van der Waals surface area contributed by atoms with Crippen molar-refractivity contribution in [1.29, 1.82) is 0 Å². The van der Waals surface area contributed by atoms with Gasteiger partial charge in [-0.15, -0.1) is 11.3 Å². The molecule has 2 atom stereocenters. The number of hydrogen-bond acceptors (Lipinski definition) is 6. The summed E-state index contributed by atoms with van der Waals surface area (Å²) in [5.74, 6) is -4.60. The zero-order valence-corrected chi connectivity index (χ0v) is 15.2. The Labute approximate surface area is 154 Å². The lowest BCUT2D eigenvalue weighted by molar-refractivity contribution is -0.146. The summed E-state index contributed by atoms with van der Waals surface area (Å²) in [5.41, 5.74) is 5.75. The number of allylic oxidation sites excluding steroid dienone is 2. The maximum absolute atomic E-state index is 12.6. The molecular formula is C17H20N2O6S. The second kappa shape index (κ2) is 8.13. The van der Waals surface area contributed by atoms with Crippen LogP contribution in [-0.4, -0.2) is 35.5 Å². The molecule has 0 bridgehead atoms. The fourth-order valence-corrected chi connectivity index (χ4v) is 3.98. The summed E-state index contributed by atoms with van der Waals surface area (Å²) in [5, 5.41) is 12.0. The first-order chi connectivity index (χ1) is 12.3. The number of nitrogens with two attached hydrogens (primary N) is 1. The molecule has 1 aromatic rings. The topological polar surface area (TPSA) is 136 Å². The third kappa shape index (κ3) is 3.93. The smallest absolute Gasteiger partial charge is 0.348 e. The number of amides is 2. The minimum atomic E-state index is -1.06. The Morgan fingerprint density at radius 1 is 1.27 bits per heavy atom. The molecule has 26 heavy (non-hydrogen) atoms. The van der Waals surface area contributed by atoms with Gasteiger partial charge in [0.05, 0.1) is 24.0 Å². The molecule has 0 fully saturated rings. The quantitative estimate of drug-likeness (QED) is 0.510. The molecule has 0 saturated carbocycles. The van der Waals surface area contributed by atoms with Crippen LogP contribution in [0.2, 0.25) is 0 Å². The first-order valence-electron chi connectivity index (χ1n) is 8.06. The highest BCUT2D eigenvalue weighted by Crippen LogP contribution is 2.35. The van der Waals surface area contributed by atoms with Crippen molar-refractivity contribution in [3.8, 4) is 0 Å². The molecule has 1 aromatic heterocycles. The van der Waals surface area contributed by atoms with Crippen LogP contribution in [0.4, 0.5) is 5.00 Å². The SMILES string of the molecule is CCOC(=O)c1sc(NC(=O)[C@H]2CC=CC[C@H]2C(=O)O)c(C(N)=O)c1C. The van der Waals surface area contributed by atoms with Gasteiger partial charge in [0, 0.05) is 0 Å². The highest BCUT2D eigenvalue weighted by atomic mass is 32.1. The summed E-state index contributed by atoms with van der Waals surface area (Å²) >= 11 is 0.892. The van der Waals surface area contributed by atoms with Crippen LogP contribution in [0.1, 0.15) is 45.4 Å². The van der Waals surface area contributed by atoms with Crippen molar-refractivity contribution in [2.45, 2.75) is 26.7 Å². The predicted molar refractivity (Wildman–Crippen MR) is 95.1 cm³/mol. The Bertz CT molecular complexity index is 782. The number of carbonyl (C=O) groups excluding carboxylic acids is 3. The fraction of sp³-hybridized carbons (Fsp3) is 0.412. The molecule has 2 rings (SSSR count). The number of esters is 1. The Kier molecular flexibility index (Phi) is 6.14. The van der Waals surface area contributed by atoms with Gasteiger partial charge in [0.2, 0.25) is 5.91 Å². The van der Waals surface area contributed by atoms with Crippen molar-refractivity contribution < 1.29 is 29.0 Å². The number of aliphatic carboxylic acids is 1. The number of anilines is 1. The van der Waals surface area contributed by atoms with E-state index < -0.39 is 35.6 Å². The highest BCUT2D eigenvalue weighted by molar-refractivity contribution is 7.18. The van der Waals surface area contributed by atoms with E-state index in [1.807, 2.05) is 0 Å². The van der Waals surface area contributed by atoms with E-state index in [-0.39, 0.29) is 34.9 Å². The zero-order chi connectivity index (χ0) is 19.4. The molecule has 0 spiro atoms. The number of hydrogen-bond donors (Lipinski definition) is 3. The molecule has 0 aliphatic heterocycles. The number of nitrogens with one attached hydrogen (secondary N) is 1. The van der Waals surface area contributed by atoms with Crippen LogP contribution in [0.15, 0.2) is 12.2 Å². The van der Waals surface area contributed by atoms with Crippen LogP contribution in [0.5, 0.6) is 0 Å². The molecule has 0 saturated heterocycles. The van der Waals surface area contributed by atoms with Gasteiger partial charge in [0.25, 0.3) is 5.91 Å². The monoisotopic (exact) mass is 380 g/mol. The van der Waals surface area contributed by atoms with E-state index in [4.69, 9.17) is 10.5 Å². The molecule has 0 radical (unpaired) electrons. The number of primary amides is 1. The van der Waals surface area contributed by atoms with Gasteiger partial charge in [-0.3, -0.25) is 14.4 Å². The van der Waals surface area contributed by atoms with Crippen molar-refractivity contribution >= 4 is 40.1 Å². The van der Waals surface area contributed by atoms with Crippen LogP contribution in [0.25, 0.3) is 0 Å². The molecule has 140 valence electrons. The average Bonchev–Trinajstić information content (AvgIpc) is 2.91. The maximum atomic E-state index is 12.6. The van der Waals surface area contributed by atoms with Crippen molar-refractivity contribution in [1.82, 2.24) is 0 Å².